The van der Waals surface area contributed by atoms with Crippen LogP contribution in [-0.4, -0.2) is 75.3 Å². The average Bonchev–Trinajstić information content (AvgIpc) is 3.34. The molecule has 1 fully saturated rings. The van der Waals surface area contributed by atoms with Crippen LogP contribution < -0.4 is 15.4 Å². The number of alkyl halides is 3. The Hall–Kier alpha value is -4.05. The lowest BCUT2D eigenvalue weighted by Crippen LogP contribution is -2.42. The number of carbonyl (C=O) groups excluding carboxylic acids is 1. The Bertz CT molecular complexity index is 1690. The van der Waals surface area contributed by atoms with E-state index in [0.717, 1.165) is 23.7 Å². The van der Waals surface area contributed by atoms with Gasteiger partial charge in [0.1, 0.15) is 17.9 Å². The summed E-state index contributed by atoms with van der Waals surface area (Å²) in [7, 11) is -1.97. The molecule has 0 radical (unpaired) electrons. The van der Waals surface area contributed by atoms with E-state index < -0.39 is 28.2 Å². The number of anilines is 2. The van der Waals surface area contributed by atoms with Crippen molar-refractivity contribution in [1.29, 1.82) is 0 Å². The van der Waals surface area contributed by atoms with E-state index in [0.29, 0.717) is 53.2 Å². The number of nitrogens with one attached hydrogen (secondary N) is 2. The summed E-state index contributed by atoms with van der Waals surface area (Å²) in [6.07, 6.45) is -0.644. The topological polar surface area (TPSA) is 102 Å². The third-order valence-corrected chi connectivity index (χ3v) is 8.40. The first kappa shape index (κ1) is 33.8. The third-order valence-electron chi connectivity index (χ3n) is 7.29. The second-order valence-electron chi connectivity index (χ2n) is 12.1. The number of amides is 1. The number of methoxy groups -OCH3 is 1. The van der Waals surface area contributed by atoms with Crippen molar-refractivity contribution in [2.75, 3.05) is 50.2 Å². The van der Waals surface area contributed by atoms with Crippen LogP contribution in [0.5, 0.6) is 5.75 Å². The molecule has 2 heterocycles. The molecule has 13 heteroatoms. The number of nitrogens with zero attached hydrogens (tertiary/aromatic N) is 2. The van der Waals surface area contributed by atoms with E-state index in [1.54, 1.807) is 23.1 Å². The fourth-order valence-corrected chi connectivity index (χ4v) is 5.72. The fraction of sp³-hybridized carbons (Fsp3) is 0.469. The van der Waals surface area contributed by atoms with E-state index in [-0.39, 0.29) is 23.5 Å². The molecule has 244 valence electrons. The highest BCUT2D eigenvalue weighted by atomic mass is 32.2. The normalized spacial score (nSPS) is 14.5. The van der Waals surface area contributed by atoms with Gasteiger partial charge in [-0.15, -0.1) is 0 Å². The molecule has 0 aliphatic carbocycles. The minimum atomic E-state index is -4.39. The monoisotopic (exact) mass is 648 g/mol. The molecule has 1 aromatic heterocycles. The van der Waals surface area contributed by atoms with E-state index in [4.69, 9.17) is 9.47 Å². The minimum absolute atomic E-state index is 0.125. The van der Waals surface area contributed by atoms with Crippen molar-refractivity contribution >= 4 is 38.2 Å². The first-order chi connectivity index (χ1) is 21.0. The molecular formula is C32H39F3N4O5S. The molecule has 1 aliphatic heterocycles. The van der Waals surface area contributed by atoms with E-state index in [9.17, 15) is 26.4 Å². The van der Waals surface area contributed by atoms with Crippen molar-refractivity contribution in [3.63, 3.8) is 0 Å². The molecule has 9 nitrogen and oxygen atoms in total. The summed E-state index contributed by atoms with van der Waals surface area (Å²) in [6.45, 7) is 6.27. The number of sulfone groups is 1. The summed E-state index contributed by atoms with van der Waals surface area (Å²) in [4.78, 5) is 14.2. The van der Waals surface area contributed by atoms with Crippen LogP contribution in [0, 0.1) is 17.8 Å². The van der Waals surface area contributed by atoms with Crippen molar-refractivity contribution in [2.45, 2.75) is 56.8 Å². The smallest absolute Gasteiger partial charge is 0.410 e. The molecule has 3 aromatic rings. The largest absolute Gasteiger partial charge is 0.495 e. The highest BCUT2D eigenvalue weighted by molar-refractivity contribution is 7.90. The van der Waals surface area contributed by atoms with Gasteiger partial charge in [-0.3, -0.25) is 0 Å². The number of ether oxygens (including phenoxy) is 2. The first-order valence-corrected chi connectivity index (χ1v) is 16.4. The number of piperidine rings is 1. The molecule has 4 rings (SSSR count). The lowest BCUT2D eigenvalue weighted by atomic mass is 9.96. The molecule has 2 aromatic carbocycles. The maximum atomic E-state index is 13.3. The van der Waals surface area contributed by atoms with Crippen LogP contribution in [0.3, 0.4) is 0 Å². The lowest BCUT2D eigenvalue weighted by Gasteiger charge is -2.33. The highest BCUT2D eigenvalue weighted by Gasteiger charge is 2.29. The van der Waals surface area contributed by atoms with Gasteiger partial charge < -0.3 is 29.6 Å². The van der Waals surface area contributed by atoms with Crippen LogP contribution in [0.1, 0.15) is 39.2 Å². The number of likely N-dealkylation sites (tertiary alicyclic amines) is 1. The zero-order valence-electron chi connectivity index (χ0n) is 26.0. The van der Waals surface area contributed by atoms with Crippen LogP contribution in [0.15, 0.2) is 47.5 Å². The summed E-state index contributed by atoms with van der Waals surface area (Å²) in [5.74, 6) is 6.63. The van der Waals surface area contributed by atoms with Gasteiger partial charge >= 0.3 is 12.3 Å². The fourth-order valence-electron chi connectivity index (χ4n) is 5.08. The maximum Gasteiger partial charge on any atom is 0.410 e. The first-order valence-electron chi connectivity index (χ1n) is 14.5. The van der Waals surface area contributed by atoms with Gasteiger partial charge in [-0.2, -0.15) is 13.2 Å². The average molecular weight is 649 g/mol. The third kappa shape index (κ3) is 9.47. The summed E-state index contributed by atoms with van der Waals surface area (Å²) < 4.78 is 75.7. The Morgan fingerprint density at radius 1 is 1.04 bits per heavy atom. The summed E-state index contributed by atoms with van der Waals surface area (Å²) in [5, 5.41) is 7.18. The molecule has 2 N–H and O–H groups in total. The Labute approximate surface area is 262 Å². The number of fused-ring (bicyclic) bond motifs is 1. The summed E-state index contributed by atoms with van der Waals surface area (Å²) in [6, 6.07) is 9.61. The zero-order chi connectivity index (χ0) is 33.0. The predicted octanol–water partition coefficient (Wildman–Crippen LogP) is 6.14. The maximum absolute atomic E-state index is 13.3. The number of benzene rings is 2. The Kier molecular flexibility index (Phi) is 10.2. The van der Waals surface area contributed by atoms with Crippen LogP contribution in [0.4, 0.5) is 29.3 Å². The van der Waals surface area contributed by atoms with E-state index in [1.165, 1.54) is 25.4 Å². The SMILES string of the molecule is COc1cc(S(C)(=O)=O)ccc1NCC#Cc1cc(NCC2CCN(C(=O)OC(C)(C)C)CC2)c2ccn(CC(F)(F)F)c2c1. The van der Waals surface area contributed by atoms with Gasteiger partial charge in [-0.05, 0) is 69.9 Å². The van der Waals surface area contributed by atoms with Crippen LogP contribution in [0.2, 0.25) is 0 Å². The second-order valence-corrected chi connectivity index (χ2v) is 14.1. The Morgan fingerprint density at radius 3 is 2.38 bits per heavy atom. The van der Waals surface area contributed by atoms with Gasteiger partial charge in [0.05, 0.1) is 29.8 Å². The summed E-state index contributed by atoms with van der Waals surface area (Å²) >= 11 is 0. The molecule has 1 aliphatic rings. The number of halogens is 3. The van der Waals surface area contributed by atoms with Gasteiger partial charge in [0.2, 0.25) is 0 Å². The lowest BCUT2D eigenvalue weighted by molar-refractivity contribution is -0.139. The number of carbonyl (C=O) groups is 1. The molecule has 1 saturated heterocycles. The molecule has 45 heavy (non-hydrogen) atoms. The van der Waals surface area contributed by atoms with Crippen molar-refractivity contribution in [3.8, 4) is 17.6 Å². The van der Waals surface area contributed by atoms with Gasteiger partial charge in [0.25, 0.3) is 0 Å². The van der Waals surface area contributed by atoms with Crippen LogP contribution >= 0.6 is 0 Å². The van der Waals surface area contributed by atoms with E-state index in [2.05, 4.69) is 22.5 Å². The number of hydrogen-bond acceptors (Lipinski definition) is 7. The molecular weight excluding hydrogens is 609 g/mol. The number of hydrogen-bond donors (Lipinski definition) is 2. The van der Waals surface area contributed by atoms with Gasteiger partial charge in [-0.1, -0.05) is 11.8 Å². The molecule has 0 unspecified atom stereocenters. The van der Waals surface area contributed by atoms with Crippen LogP contribution in [0.25, 0.3) is 10.9 Å². The molecule has 0 atom stereocenters. The van der Waals surface area contributed by atoms with E-state index >= 15 is 0 Å². The van der Waals surface area contributed by atoms with Crippen molar-refractivity contribution in [1.82, 2.24) is 9.47 Å². The van der Waals surface area contributed by atoms with Gasteiger partial charge in [-0.25, -0.2) is 13.2 Å². The van der Waals surface area contributed by atoms with Gasteiger partial charge in [0, 0.05) is 54.8 Å². The zero-order valence-corrected chi connectivity index (χ0v) is 26.9. The van der Waals surface area contributed by atoms with Crippen LogP contribution in [-0.2, 0) is 21.1 Å². The number of rotatable bonds is 8. The van der Waals surface area contributed by atoms with Crippen molar-refractivity contribution in [3.05, 3.63) is 48.2 Å². The van der Waals surface area contributed by atoms with Crippen molar-refractivity contribution in [2.24, 2.45) is 5.92 Å². The van der Waals surface area contributed by atoms with Gasteiger partial charge in [0.15, 0.2) is 9.84 Å². The molecule has 1 amide bonds. The second kappa shape index (κ2) is 13.5. The van der Waals surface area contributed by atoms with E-state index in [1.807, 2.05) is 26.8 Å². The summed E-state index contributed by atoms with van der Waals surface area (Å²) in [5.41, 5.74) is 1.61. The standard InChI is InChI=1S/C32H39F3N4O5S/c1-31(2,3)44-30(40)38-14-10-22(11-15-38)20-37-27-17-23(18-28-25(27)12-16-39(28)21-32(33,34)35)7-6-13-36-26-9-8-24(45(5,41)42)19-29(26)43-4/h8-9,12,16-19,22,36-37H,10-11,13-15,20-21H2,1-5H3. The predicted molar refractivity (Wildman–Crippen MR) is 168 cm³/mol. The minimum Gasteiger partial charge on any atom is -0.495 e. The molecule has 0 saturated carbocycles. The quantitative estimate of drug-likeness (QED) is 0.283. The molecule has 0 spiro atoms. The molecule has 0 bridgehead atoms. The highest BCUT2D eigenvalue weighted by Crippen LogP contribution is 2.31. The Balaban J connectivity index is 1.49. The number of aromatic nitrogens is 1. The Morgan fingerprint density at radius 2 is 1.76 bits per heavy atom. The van der Waals surface area contributed by atoms with Crippen molar-refractivity contribution < 1.29 is 35.9 Å².